The standard InChI is InChI=1S/C13H17ClN2O4/c1-9(20-10(2)17)15(3)7-6-11-4-5-12(14)8-13(11)16(18)19/h4-5,8-9H,6-7H2,1-3H3. The molecule has 7 heteroatoms. The summed E-state index contributed by atoms with van der Waals surface area (Å²) >= 11 is 5.76. The van der Waals surface area contributed by atoms with Crippen molar-refractivity contribution in [2.45, 2.75) is 26.5 Å². The summed E-state index contributed by atoms with van der Waals surface area (Å²) in [6.07, 6.45) is 0.0918. The lowest BCUT2D eigenvalue weighted by atomic mass is 10.1. The highest BCUT2D eigenvalue weighted by atomic mass is 35.5. The first kappa shape index (κ1) is 16.4. The van der Waals surface area contributed by atoms with Crippen LogP contribution in [0, 0.1) is 10.1 Å². The average Bonchev–Trinajstić information content (AvgIpc) is 2.35. The van der Waals surface area contributed by atoms with Crippen LogP contribution >= 0.6 is 11.6 Å². The summed E-state index contributed by atoms with van der Waals surface area (Å²) in [6.45, 7) is 3.61. The molecular weight excluding hydrogens is 284 g/mol. The first-order valence-electron chi connectivity index (χ1n) is 6.11. The Bertz CT molecular complexity index is 507. The quantitative estimate of drug-likeness (QED) is 0.349. The summed E-state index contributed by atoms with van der Waals surface area (Å²) in [5.74, 6) is -0.359. The molecule has 0 aliphatic rings. The summed E-state index contributed by atoms with van der Waals surface area (Å²) in [5, 5.41) is 11.3. The Hall–Kier alpha value is -1.66. The molecule has 0 spiro atoms. The lowest BCUT2D eigenvalue weighted by molar-refractivity contribution is -0.385. The van der Waals surface area contributed by atoms with Gasteiger partial charge in [-0.3, -0.25) is 19.8 Å². The van der Waals surface area contributed by atoms with E-state index >= 15 is 0 Å². The third-order valence-electron chi connectivity index (χ3n) is 2.94. The van der Waals surface area contributed by atoms with Gasteiger partial charge in [0.2, 0.25) is 0 Å². The minimum Gasteiger partial charge on any atom is -0.447 e. The van der Waals surface area contributed by atoms with Crippen LogP contribution in [0.1, 0.15) is 19.4 Å². The van der Waals surface area contributed by atoms with Crippen LogP contribution in [0.15, 0.2) is 18.2 Å². The Morgan fingerprint density at radius 2 is 2.20 bits per heavy atom. The molecule has 0 aliphatic heterocycles. The van der Waals surface area contributed by atoms with Gasteiger partial charge in [0, 0.05) is 30.1 Å². The number of nitro groups is 1. The minimum absolute atomic E-state index is 0.00559. The van der Waals surface area contributed by atoms with Gasteiger partial charge in [-0.05, 0) is 26.5 Å². The molecule has 0 aliphatic carbocycles. The molecule has 0 saturated heterocycles. The van der Waals surface area contributed by atoms with E-state index in [1.807, 2.05) is 0 Å². The number of benzene rings is 1. The first-order valence-corrected chi connectivity index (χ1v) is 6.49. The SMILES string of the molecule is CC(=O)OC(C)N(C)CCc1ccc(Cl)cc1[N+](=O)[O-]. The molecule has 1 aromatic rings. The first-order chi connectivity index (χ1) is 9.31. The highest BCUT2D eigenvalue weighted by Crippen LogP contribution is 2.23. The molecule has 6 nitrogen and oxygen atoms in total. The molecule has 0 N–H and O–H groups in total. The minimum atomic E-state index is -0.448. The highest BCUT2D eigenvalue weighted by molar-refractivity contribution is 6.30. The van der Waals surface area contributed by atoms with Crippen LogP contribution in [0.2, 0.25) is 5.02 Å². The molecule has 1 aromatic carbocycles. The Kier molecular flexibility index (Phi) is 5.91. The molecule has 0 bridgehead atoms. The average molecular weight is 301 g/mol. The molecule has 0 saturated carbocycles. The van der Waals surface area contributed by atoms with Gasteiger partial charge < -0.3 is 4.74 Å². The van der Waals surface area contributed by atoms with Crippen molar-refractivity contribution < 1.29 is 14.5 Å². The molecule has 0 radical (unpaired) electrons. The molecule has 0 aromatic heterocycles. The lowest BCUT2D eigenvalue weighted by Crippen LogP contribution is -2.34. The van der Waals surface area contributed by atoms with Gasteiger partial charge in [0.1, 0.15) is 0 Å². The van der Waals surface area contributed by atoms with Crippen molar-refractivity contribution in [1.29, 1.82) is 0 Å². The van der Waals surface area contributed by atoms with E-state index in [1.54, 1.807) is 31.0 Å². The van der Waals surface area contributed by atoms with Crippen LogP contribution < -0.4 is 0 Å². The number of nitro benzene ring substituents is 1. The van der Waals surface area contributed by atoms with E-state index in [2.05, 4.69) is 0 Å². The second-order valence-corrected chi connectivity index (χ2v) is 4.91. The van der Waals surface area contributed by atoms with Crippen LogP contribution in [0.4, 0.5) is 5.69 Å². The van der Waals surface area contributed by atoms with Crippen molar-refractivity contribution in [3.05, 3.63) is 38.9 Å². The molecule has 1 atom stereocenters. The van der Waals surface area contributed by atoms with Crippen molar-refractivity contribution in [3.8, 4) is 0 Å². The number of carbonyl (C=O) groups excluding carboxylic acids is 1. The molecule has 0 amide bonds. The number of nitrogens with zero attached hydrogens (tertiary/aromatic N) is 2. The van der Waals surface area contributed by atoms with E-state index in [9.17, 15) is 14.9 Å². The van der Waals surface area contributed by atoms with Gasteiger partial charge >= 0.3 is 5.97 Å². The largest absolute Gasteiger partial charge is 0.447 e. The van der Waals surface area contributed by atoms with Gasteiger partial charge in [-0.25, -0.2) is 0 Å². The second-order valence-electron chi connectivity index (χ2n) is 4.47. The fraction of sp³-hybridized carbons (Fsp3) is 0.462. The van der Waals surface area contributed by atoms with E-state index in [0.717, 1.165) is 0 Å². The van der Waals surface area contributed by atoms with Crippen molar-refractivity contribution >= 4 is 23.3 Å². The molecule has 110 valence electrons. The van der Waals surface area contributed by atoms with E-state index in [0.29, 0.717) is 23.6 Å². The van der Waals surface area contributed by atoms with Crippen molar-refractivity contribution in [2.75, 3.05) is 13.6 Å². The maximum atomic E-state index is 11.0. The summed E-state index contributed by atoms with van der Waals surface area (Å²) in [5.41, 5.74) is 0.604. The maximum Gasteiger partial charge on any atom is 0.304 e. The van der Waals surface area contributed by atoms with Gasteiger partial charge in [-0.1, -0.05) is 17.7 Å². The van der Waals surface area contributed by atoms with E-state index < -0.39 is 4.92 Å². The number of hydrogen-bond acceptors (Lipinski definition) is 5. The number of rotatable bonds is 6. The molecule has 1 rings (SSSR count). The number of hydrogen-bond donors (Lipinski definition) is 0. The van der Waals surface area contributed by atoms with Crippen molar-refractivity contribution in [1.82, 2.24) is 4.90 Å². The highest BCUT2D eigenvalue weighted by Gasteiger charge is 2.17. The summed E-state index contributed by atoms with van der Waals surface area (Å²) in [4.78, 5) is 23.2. The lowest BCUT2D eigenvalue weighted by Gasteiger charge is -2.23. The molecule has 0 heterocycles. The zero-order valence-electron chi connectivity index (χ0n) is 11.6. The molecule has 0 fully saturated rings. The number of likely N-dealkylation sites (N-methyl/N-ethyl adjacent to an activating group) is 1. The van der Waals surface area contributed by atoms with Crippen LogP contribution in [-0.4, -0.2) is 35.6 Å². The van der Waals surface area contributed by atoms with Gasteiger partial charge in [-0.15, -0.1) is 0 Å². The predicted molar refractivity (Wildman–Crippen MR) is 75.7 cm³/mol. The van der Waals surface area contributed by atoms with Crippen molar-refractivity contribution in [3.63, 3.8) is 0 Å². The van der Waals surface area contributed by atoms with E-state index in [1.165, 1.54) is 13.0 Å². The Morgan fingerprint density at radius 3 is 2.75 bits per heavy atom. The fourth-order valence-corrected chi connectivity index (χ4v) is 1.89. The van der Waals surface area contributed by atoms with Gasteiger partial charge in [-0.2, -0.15) is 0 Å². The Balaban J connectivity index is 2.70. The monoisotopic (exact) mass is 300 g/mol. The number of halogens is 1. The normalized spacial score (nSPS) is 12.2. The maximum absolute atomic E-state index is 11.0. The summed E-state index contributed by atoms with van der Waals surface area (Å²) in [7, 11) is 1.79. The number of carbonyl (C=O) groups is 1. The van der Waals surface area contributed by atoms with Gasteiger partial charge in [0.15, 0.2) is 6.23 Å². The zero-order valence-corrected chi connectivity index (χ0v) is 12.4. The third-order valence-corrected chi connectivity index (χ3v) is 3.17. The van der Waals surface area contributed by atoms with E-state index in [-0.39, 0.29) is 17.9 Å². The zero-order chi connectivity index (χ0) is 15.3. The number of esters is 1. The third kappa shape index (κ3) is 4.79. The predicted octanol–water partition coefficient (Wildman–Crippen LogP) is 2.63. The molecular formula is C13H17ClN2O4. The molecule has 20 heavy (non-hydrogen) atoms. The second kappa shape index (κ2) is 7.21. The van der Waals surface area contributed by atoms with Gasteiger partial charge in [0.05, 0.1) is 4.92 Å². The summed E-state index contributed by atoms with van der Waals surface area (Å²) in [6, 6.07) is 4.61. The smallest absolute Gasteiger partial charge is 0.304 e. The Labute approximate surface area is 122 Å². The molecule has 1 unspecified atom stereocenters. The fourth-order valence-electron chi connectivity index (χ4n) is 1.73. The summed E-state index contributed by atoms with van der Waals surface area (Å²) < 4.78 is 5.03. The Morgan fingerprint density at radius 1 is 1.55 bits per heavy atom. The number of ether oxygens (including phenoxy) is 1. The van der Waals surface area contributed by atoms with E-state index in [4.69, 9.17) is 16.3 Å². The van der Waals surface area contributed by atoms with Crippen LogP contribution in [0.25, 0.3) is 0 Å². The van der Waals surface area contributed by atoms with Crippen LogP contribution in [0.5, 0.6) is 0 Å². The van der Waals surface area contributed by atoms with Crippen LogP contribution in [0.3, 0.4) is 0 Å². The van der Waals surface area contributed by atoms with Gasteiger partial charge in [0.25, 0.3) is 5.69 Å². The topological polar surface area (TPSA) is 72.7 Å². The van der Waals surface area contributed by atoms with Crippen LogP contribution in [-0.2, 0) is 16.0 Å². The van der Waals surface area contributed by atoms with Crippen molar-refractivity contribution in [2.24, 2.45) is 0 Å².